The van der Waals surface area contributed by atoms with Gasteiger partial charge in [0.05, 0.1) is 0 Å². The molecule has 0 radical (unpaired) electrons. The number of rotatable bonds is 1. The number of benzene rings is 1. The highest BCUT2D eigenvalue weighted by molar-refractivity contribution is 6.31. The Morgan fingerprint density at radius 3 is 2.58 bits per heavy atom. The van der Waals surface area contributed by atoms with E-state index in [1.54, 1.807) is 13.0 Å². The van der Waals surface area contributed by atoms with Crippen LogP contribution in [0.25, 0.3) is 0 Å². The first-order valence-electron chi connectivity index (χ1n) is 3.73. The van der Waals surface area contributed by atoms with Crippen molar-refractivity contribution < 1.29 is 4.39 Å². The predicted molar refractivity (Wildman–Crippen MR) is 48.7 cm³/mol. The Morgan fingerprint density at radius 1 is 1.50 bits per heavy atom. The Labute approximate surface area is 76.3 Å². The molecular formula is C9H11ClFN. The van der Waals surface area contributed by atoms with E-state index in [0.717, 1.165) is 5.56 Å². The zero-order chi connectivity index (χ0) is 9.30. The zero-order valence-electron chi connectivity index (χ0n) is 7.07. The van der Waals surface area contributed by atoms with Crippen LogP contribution in [0.1, 0.15) is 24.1 Å². The summed E-state index contributed by atoms with van der Waals surface area (Å²) in [7, 11) is 0. The maximum Gasteiger partial charge on any atom is 0.127 e. The van der Waals surface area contributed by atoms with Gasteiger partial charge in [0.15, 0.2) is 0 Å². The van der Waals surface area contributed by atoms with Gasteiger partial charge in [0.25, 0.3) is 0 Å². The van der Waals surface area contributed by atoms with Crippen molar-refractivity contribution in [1.29, 1.82) is 0 Å². The molecule has 0 bridgehead atoms. The highest BCUT2D eigenvalue weighted by Crippen LogP contribution is 2.24. The number of hydrogen-bond donors (Lipinski definition) is 1. The maximum absolute atomic E-state index is 12.9. The van der Waals surface area contributed by atoms with E-state index in [4.69, 9.17) is 17.3 Å². The largest absolute Gasteiger partial charge is 0.324 e. The molecule has 0 aromatic heterocycles. The summed E-state index contributed by atoms with van der Waals surface area (Å²) in [6.45, 7) is 3.51. The third-order valence-corrected chi connectivity index (χ3v) is 2.10. The van der Waals surface area contributed by atoms with Crippen molar-refractivity contribution in [3.63, 3.8) is 0 Å². The maximum atomic E-state index is 12.9. The average Bonchev–Trinajstić information content (AvgIpc) is 1.96. The second kappa shape index (κ2) is 3.42. The molecular weight excluding hydrogens is 177 g/mol. The second-order valence-electron chi connectivity index (χ2n) is 2.91. The van der Waals surface area contributed by atoms with Gasteiger partial charge in [-0.05, 0) is 31.0 Å². The lowest BCUT2D eigenvalue weighted by molar-refractivity contribution is 0.616. The average molecular weight is 188 g/mol. The fourth-order valence-corrected chi connectivity index (χ4v) is 1.35. The molecule has 12 heavy (non-hydrogen) atoms. The molecule has 0 unspecified atom stereocenters. The molecule has 1 nitrogen and oxygen atoms in total. The van der Waals surface area contributed by atoms with E-state index < -0.39 is 0 Å². The predicted octanol–water partition coefficient (Wildman–Crippen LogP) is 2.81. The third-order valence-electron chi connectivity index (χ3n) is 1.77. The standard InChI is InChI=1S/C9H11ClFN/c1-5-3-7(6(2)12)8(10)4-9(5)11/h3-4,6H,12H2,1-2H3/t6-/m0/s1. The van der Waals surface area contributed by atoms with Gasteiger partial charge in [-0.25, -0.2) is 4.39 Å². The van der Waals surface area contributed by atoms with Crippen LogP contribution < -0.4 is 5.73 Å². The summed E-state index contributed by atoms with van der Waals surface area (Å²) in [5.74, 6) is -0.288. The van der Waals surface area contributed by atoms with Crippen LogP contribution in [0.3, 0.4) is 0 Å². The molecule has 0 heterocycles. The Hall–Kier alpha value is -0.600. The van der Waals surface area contributed by atoms with Crippen molar-refractivity contribution in [3.8, 4) is 0 Å². The van der Waals surface area contributed by atoms with Crippen LogP contribution >= 0.6 is 11.6 Å². The topological polar surface area (TPSA) is 26.0 Å². The molecule has 1 atom stereocenters. The molecule has 0 amide bonds. The van der Waals surface area contributed by atoms with Gasteiger partial charge in [0.1, 0.15) is 5.82 Å². The summed E-state index contributed by atoms with van der Waals surface area (Å²) < 4.78 is 12.9. The van der Waals surface area contributed by atoms with Crippen LogP contribution in [0, 0.1) is 12.7 Å². The number of halogens is 2. The van der Waals surface area contributed by atoms with Crippen molar-refractivity contribution in [2.24, 2.45) is 5.73 Å². The lowest BCUT2D eigenvalue weighted by atomic mass is 10.1. The molecule has 2 N–H and O–H groups in total. The molecule has 0 aliphatic carbocycles. The lowest BCUT2D eigenvalue weighted by Gasteiger charge is -2.09. The molecule has 3 heteroatoms. The van der Waals surface area contributed by atoms with Gasteiger partial charge < -0.3 is 5.73 Å². The molecule has 0 saturated heterocycles. The SMILES string of the molecule is Cc1cc([C@H](C)N)c(Cl)cc1F. The Bertz CT molecular complexity index is 297. The molecule has 0 aliphatic heterocycles. The summed E-state index contributed by atoms with van der Waals surface area (Å²) in [6.07, 6.45) is 0. The summed E-state index contributed by atoms with van der Waals surface area (Å²) >= 11 is 5.78. The minimum Gasteiger partial charge on any atom is -0.324 e. The quantitative estimate of drug-likeness (QED) is 0.719. The van der Waals surface area contributed by atoms with Gasteiger partial charge in [-0.3, -0.25) is 0 Å². The van der Waals surface area contributed by atoms with Crippen LogP contribution in [0.5, 0.6) is 0 Å². The fourth-order valence-electron chi connectivity index (χ4n) is 1.03. The van der Waals surface area contributed by atoms with E-state index >= 15 is 0 Å². The van der Waals surface area contributed by atoms with Gasteiger partial charge in [-0.2, -0.15) is 0 Å². The minimum absolute atomic E-state index is 0.156. The Kier molecular flexibility index (Phi) is 2.70. The van der Waals surface area contributed by atoms with Crippen molar-refractivity contribution in [1.82, 2.24) is 0 Å². The lowest BCUT2D eigenvalue weighted by Crippen LogP contribution is -2.06. The molecule has 1 rings (SSSR count). The second-order valence-corrected chi connectivity index (χ2v) is 3.32. The Morgan fingerprint density at radius 2 is 2.08 bits per heavy atom. The highest BCUT2D eigenvalue weighted by atomic mass is 35.5. The normalized spacial score (nSPS) is 13.1. The van der Waals surface area contributed by atoms with Crippen LogP contribution in [0.2, 0.25) is 5.02 Å². The smallest absolute Gasteiger partial charge is 0.127 e. The summed E-state index contributed by atoms with van der Waals surface area (Å²) in [6, 6.07) is 2.83. The zero-order valence-corrected chi connectivity index (χ0v) is 7.82. The number of hydrogen-bond acceptors (Lipinski definition) is 1. The summed E-state index contributed by atoms with van der Waals surface area (Å²) in [5, 5.41) is 0.396. The van der Waals surface area contributed by atoms with Gasteiger partial charge in [0.2, 0.25) is 0 Å². The van der Waals surface area contributed by atoms with E-state index in [9.17, 15) is 4.39 Å². The molecule has 1 aromatic carbocycles. The summed E-state index contributed by atoms with van der Waals surface area (Å²) in [4.78, 5) is 0. The van der Waals surface area contributed by atoms with Crippen molar-refractivity contribution in [2.75, 3.05) is 0 Å². The van der Waals surface area contributed by atoms with Crippen LogP contribution in [-0.4, -0.2) is 0 Å². The van der Waals surface area contributed by atoms with E-state index in [1.807, 2.05) is 6.92 Å². The number of nitrogens with two attached hydrogens (primary N) is 1. The van der Waals surface area contributed by atoms with Crippen molar-refractivity contribution in [2.45, 2.75) is 19.9 Å². The molecule has 0 spiro atoms. The molecule has 66 valence electrons. The van der Waals surface area contributed by atoms with Crippen LogP contribution in [-0.2, 0) is 0 Å². The third kappa shape index (κ3) is 1.76. The van der Waals surface area contributed by atoms with E-state index in [2.05, 4.69) is 0 Å². The summed E-state index contributed by atoms with van der Waals surface area (Å²) in [5.41, 5.74) is 6.99. The van der Waals surface area contributed by atoms with E-state index in [1.165, 1.54) is 6.07 Å². The van der Waals surface area contributed by atoms with Crippen molar-refractivity contribution >= 4 is 11.6 Å². The van der Waals surface area contributed by atoms with Gasteiger partial charge in [0, 0.05) is 11.1 Å². The monoisotopic (exact) mass is 187 g/mol. The van der Waals surface area contributed by atoms with E-state index in [-0.39, 0.29) is 11.9 Å². The molecule has 0 saturated carbocycles. The first-order chi connectivity index (χ1) is 5.52. The van der Waals surface area contributed by atoms with Crippen LogP contribution in [0.4, 0.5) is 4.39 Å². The van der Waals surface area contributed by atoms with E-state index in [0.29, 0.717) is 10.6 Å². The molecule has 1 aromatic rings. The number of aryl methyl sites for hydroxylation is 1. The highest BCUT2D eigenvalue weighted by Gasteiger charge is 2.08. The fraction of sp³-hybridized carbons (Fsp3) is 0.333. The van der Waals surface area contributed by atoms with Crippen LogP contribution in [0.15, 0.2) is 12.1 Å². The van der Waals surface area contributed by atoms with Gasteiger partial charge >= 0.3 is 0 Å². The molecule has 0 fully saturated rings. The first-order valence-corrected chi connectivity index (χ1v) is 4.11. The van der Waals surface area contributed by atoms with Crippen molar-refractivity contribution in [3.05, 3.63) is 34.1 Å². The Balaban J connectivity index is 3.23. The van der Waals surface area contributed by atoms with Gasteiger partial charge in [-0.15, -0.1) is 0 Å². The minimum atomic E-state index is -0.288. The first kappa shape index (κ1) is 9.49. The van der Waals surface area contributed by atoms with Gasteiger partial charge in [-0.1, -0.05) is 17.7 Å². The molecule has 0 aliphatic rings.